The monoisotopic (exact) mass is 398 g/mol. The fourth-order valence-electron chi connectivity index (χ4n) is 2.86. The van der Waals surface area contributed by atoms with Gasteiger partial charge in [-0.25, -0.2) is 9.97 Å². The Morgan fingerprint density at radius 2 is 1.27 bits per heavy atom. The average Bonchev–Trinajstić information content (AvgIpc) is 2.65. The first-order chi connectivity index (χ1) is 12.6. The van der Waals surface area contributed by atoms with E-state index in [-0.39, 0.29) is 0 Å². The zero-order chi connectivity index (χ0) is 18.1. The van der Waals surface area contributed by atoms with E-state index in [0.29, 0.717) is 32.5 Å². The van der Waals surface area contributed by atoms with Gasteiger partial charge in [-0.15, -0.1) is 0 Å². The molecule has 0 saturated heterocycles. The third kappa shape index (κ3) is 3.41. The summed E-state index contributed by atoms with van der Waals surface area (Å²) < 4.78 is 0. The first-order valence-electron chi connectivity index (χ1n) is 8.06. The normalized spacial score (nSPS) is 11.0. The minimum absolute atomic E-state index is 0.463. The van der Waals surface area contributed by atoms with Crippen LogP contribution in [0.15, 0.2) is 66.7 Å². The van der Waals surface area contributed by atoms with Crippen molar-refractivity contribution in [2.75, 3.05) is 0 Å². The Balaban J connectivity index is 1.93. The second kappa shape index (κ2) is 7.24. The quantitative estimate of drug-likeness (QED) is 0.376. The molecule has 0 radical (unpaired) electrons. The van der Waals surface area contributed by atoms with E-state index in [2.05, 4.69) is 0 Å². The third-order valence-corrected chi connectivity index (χ3v) is 5.23. The summed E-state index contributed by atoms with van der Waals surface area (Å²) in [5.41, 5.74) is 5.07. The smallest absolute Gasteiger partial charge is 0.0928 e. The van der Waals surface area contributed by atoms with E-state index < -0.39 is 0 Å². The molecule has 0 saturated carbocycles. The van der Waals surface area contributed by atoms with Crippen molar-refractivity contribution in [2.24, 2.45) is 0 Å². The molecule has 0 aliphatic rings. The maximum atomic E-state index is 6.35. The Kier molecular flexibility index (Phi) is 4.82. The first-order valence-corrected chi connectivity index (χ1v) is 9.20. The van der Waals surface area contributed by atoms with Crippen molar-refractivity contribution in [3.8, 4) is 11.3 Å². The average molecular weight is 400 g/mol. The second-order valence-corrected chi connectivity index (χ2v) is 7.13. The largest absolute Gasteiger partial charge is 0.248 e. The van der Waals surface area contributed by atoms with Crippen LogP contribution in [0.4, 0.5) is 0 Å². The summed E-state index contributed by atoms with van der Waals surface area (Å²) in [4.78, 5) is 9.65. The zero-order valence-corrected chi connectivity index (χ0v) is 15.9. The maximum absolute atomic E-state index is 6.35. The van der Waals surface area contributed by atoms with Crippen molar-refractivity contribution in [1.82, 2.24) is 9.97 Å². The minimum atomic E-state index is 0.463. The van der Waals surface area contributed by atoms with Gasteiger partial charge in [0.05, 0.1) is 32.5 Å². The highest BCUT2D eigenvalue weighted by Crippen LogP contribution is 2.31. The molecule has 26 heavy (non-hydrogen) atoms. The minimum Gasteiger partial charge on any atom is -0.248 e. The summed E-state index contributed by atoms with van der Waals surface area (Å²) in [7, 11) is 0. The topological polar surface area (TPSA) is 25.8 Å². The number of halogens is 3. The molecule has 0 amide bonds. The van der Waals surface area contributed by atoms with Gasteiger partial charge >= 0.3 is 0 Å². The third-order valence-electron chi connectivity index (χ3n) is 4.14. The second-order valence-electron chi connectivity index (χ2n) is 5.91. The summed E-state index contributed by atoms with van der Waals surface area (Å²) in [5, 5.41) is 1.64. The van der Waals surface area contributed by atoms with Crippen molar-refractivity contribution in [3.63, 3.8) is 0 Å². The molecule has 0 aliphatic heterocycles. The molecule has 4 aromatic rings. The fraction of sp³-hybridized carbons (Fsp3) is 0.0476. The van der Waals surface area contributed by atoms with Crippen molar-refractivity contribution >= 4 is 45.8 Å². The number of nitrogens with zero attached hydrogens (tertiary/aromatic N) is 2. The van der Waals surface area contributed by atoms with Crippen molar-refractivity contribution < 1.29 is 0 Å². The van der Waals surface area contributed by atoms with Crippen LogP contribution in [0.3, 0.4) is 0 Å². The van der Waals surface area contributed by atoms with Crippen LogP contribution in [0.25, 0.3) is 22.3 Å². The number of fused-ring (bicyclic) bond motifs is 1. The Morgan fingerprint density at radius 3 is 1.96 bits per heavy atom. The molecule has 0 bridgehead atoms. The van der Waals surface area contributed by atoms with E-state index in [1.807, 2.05) is 54.6 Å². The lowest BCUT2D eigenvalue weighted by molar-refractivity contribution is 1.07. The SMILES string of the molecule is Clc1cc2nc(Cc3ccccc3Cl)c(-c3ccccc3)nc2cc1Cl. The molecule has 3 aromatic carbocycles. The van der Waals surface area contributed by atoms with Crippen LogP contribution in [-0.4, -0.2) is 9.97 Å². The van der Waals surface area contributed by atoms with E-state index >= 15 is 0 Å². The van der Waals surface area contributed by atoms with Gasteiger partial charge in [0, 0.05) is 17.0 Å². The number of hydrogen-bond acceptors (Lipinski definition) is 2. The molecule has 2 nitrogen and oxygen atoms in total. The van der Waals surface area contributed by atoms with Gasteiger partial charge in [0.2, 0.25) is 0 Å². The number of aromatic nitrogens is 2. The summed E-state index contributed by atoms with van der Waals surface area (Å²) in [6.45, 7) is 0. The molecule has 0 atom stereocenters. The molecule has 4 rings (SSSR count). The molecule has 1 aromatic heterocycles. The van der Waals surface area contributed by atoms with Gasteiger partial charge in [0.1, 0.15) is 0 Å². The number of rotatable bonds is 3. The highest BCUT2D eigenvalue weighted by molar-refractivity contribution is 6.42. The molecule has 0 spiro atoms. The lowest BCUT2D eigenvalue weighted by Crippen LogP contribution is -2.01. The molecular formula is C21H13Cl3N2. The first kappa shape index (κ1) is 17.3. The van der Waals surface area contributed by atoms with Gasteiger partial charge in [-0.3, -0.25) is 0 Å². The fourth-order valence-corrected chi connectivity index (χ4v) is 3.38. The highest BCUT2D eigenvalue weighted by Gasteiger charge is 2.14. The lowest BCUT2D eigenvalue weighted by Gasteiger charge is -2.12. The molecule has 5 heteroatoms. The maximum Gasteiger partial charge on any atom is 0.0928 e. The van der Waals surface area contributed by atoms with Crippen LogP contribution >= 0.6 is 34.8 Å². The Morgan fingerprint density at radius 1 is 0.654 bits per heavy atom. The summed E-state index contributed by atoms with van der Waals surface area (Å²) in [5.74, 6) is 0. The molecule has 1 heterocycles. The lowest BCUT2D eigenvalue weighted by atomic mass is 10.0. The summed E-state index contributed by atoms with van der Waals surface area (Å²) in [6, 6.07) is 21.2. The van der Waals surface area contributed by atoms with Gasteiger partial charge in [0.25, 0.3) is 0 Å². The van der Waals surface area contributed by atoms with Crippen LogP contribution in [0, 0.1) is 0 Å². The predicted molar refractivity (Wildman–Crippen MR) is 109 cm³/mol. The van der Waals surface area contributed by atoms with Gasteiger partial charge in [0.15, 0.2) is 0 Å². The Bertz CT molecular complexity index is 1100. The van der Waals surface area contributed by atoms with E-state index in [1.54, 1.807) is 12.1 Å². The van der Waals surface area contributed by atoms with E-state index in [9.17, 15) is 0 Å². The van der Waals surface area contributed by atoms with Crippen molar-refractivity contribution in [3.05, 3.63) is 93.1 Å². The summed E-state index contributed by atoms with van der Waals surface area (Å²) >= 11 is 18.7. The molecule has 0 aliphatic carbocycles. The van der Waals surface area contributed by atoms with E-state index in [4.69, 9.17) is 44.8 Å². The Hall–Kier alpha value is -2.13. The number of benzene rings is 3. The molecule has 0 unspecified atom stereocenters. The van der Waals surface area contributed by atoms with Gasteiger partial charge in [-0.1, -0.05) is 83.3 Å². The molecule has 0 fully saturated rings. The van der Waals surface area contributed by atoms with Crippen LogP contribution in [0.2, 0.25) is 15.1 Å². The van der Waals surface area contributed by atoms with Crippen LogP contribution < -0.4 is 0 Å². The highest BCUT2D eigenvalue weighted by atomic mass is 35.5. The molecule has 0 N–H and O–H groups in total. The van der Waals surface area contributed by atoms with Gasteiger partial charge in [-0.05, 0) is 23.8 Å². The predicted octanol–water partition coefficient (Wildman–Crippen LogP) is 6.85. The van der Waals surface area contributed by atoms with Crippen LogP contribution in [0.1, 0.15) is 11.3 Å². The van der Waals surface area contributed by atoms with Crippen molar-refractivity contribution in [2.45, 2.75) is 6.42 Å². The molecular weight excluding hydrogens is 387 g/mol. The van der Waals surface area contributed by atoms with Crippen LogP contribution in [0.5, 0.6) is 0 Å². The van der Waals surface area contributed by atoms with E-state index in [1.165, 1.54) is 0 Å². The molecule has 128 valence electrons. The summed E-state index contributed by atoms with van der Waals surface area (Å²) in [6.07, 6.45) is 0.576. The Labute approximate surface area is 166 Å². The van der Waals surface area contributed by atoms with Gasteiger partial charge < -0.3 is 0 Å². The standard InChI is InChI=1S/C21H13Cl3N2/c22-15-9-5-4-8-14(15)10-20-21(13-6-2-1-3-7-13)26-19-12-17(24)16(23)11-18(19)25-20/h1-9,11-12H,10H2. The number of hydrogen-bond donors (Lipinski definition) is 0. The van der Waals surface area contributed by atoms with E-state index in [0.717, 1.165) is 22.5 Å². The van der Waals surface area contributed by atoms with Gasteiger partial charge in [-0.2, -0.15) is 0 Å². The zero-order valence-electron chi connectivity index (χ0n) is 13.6. The van der Waals surface area contributed by atoms with Crippen molar-refractivity contribution in [1.29, 1.82) is 0 Å². The van der Waals surface area contributed by atoms with Crippen LogP contribution in [-0.2, 0) is 6.42 Å².